The largest absolute Gasteiger partial charge is 0.393 e. The molecule has 1 nitrogen and oxygen atoms in total. The van der Waals surface area contributed by atoms with Crippen molar-refractivity contribution in [2.75, 3.05) is 6.61 Å². The van der Waals surface area contributed by atoms with E-state index >= 15 is 0 Å². The number of rotatable bonds is 2. The van der Waals surface area contributed by atoms with Gasteiger partial charge in [-0.25, -0.2) is 4.39 Å². The average molecular weight is 225 g/mol. The molecule has 0 fully saturated rings. The van der Waals surface area contributed by atoms with Crippen LogP contribution in [0, 0.1) is 0 Å². The molecule has 0 saturated carbocycles. The van der Waals surface area contributed by atoms with Gasteiger partial charge < -0.3 is 5.11 Å². The van der Waals surface area contributed by atoms with Gasteiger partial charge in [-0.1, -0.05) is 0 Å². The van der Waals surface area contributed by atoms with Crippen molar-refractivity contribution < 1.29 is 9.50 Å². The molecule has 56 valence electrons. The Balaban J connectivity index is 2.74. The van der Waals surface area contributed by atoms with Crippen LogP contribution in [0.1, 0.15) is 11.0 Å². The van der Waals surface area contributed by atoms with Crippen LogP contribution >= 0.6 is 27.3 Å². The lowest BCUT2D eigenvalue weighted by Gasteiger charge is -1.97. The maximum Gasteiger partial charge on any atom is 0.157 e. The van der Waals surface area contributed by atoms with Gasteiger partial charge in [-0.3, -0.25) is 0 Å². The molecule has 1 unspecified atom stereocenters. The molecule has 10 heavy (non-hydrogen) atoms. The molecule has 0 aliphatic heterocycles. The minimum atomic E-state index is -1.23. The lowest BCUT2D eigenvalue weighted by atomic mass is 10.3. The van der Waals surface area contributed by atoms with Crippen LogP contribution in [0.3, 0.4) is 0 Å². The van der Waals surface area contributed by atoms with Crippen LogP contribution in [-0.2, 0) is 0 Å². The lowest BCUT2D eigenvalue weighted by molar-refractivity contribution is 0.182. The van der Waals surface area contributed by atoms with Gasteiger partial charge in [0.1, 0.15) is 0 Å². The van der Waals surface area contributed by atoms with Crippen LogP contribution in [0.5, 0.6) is 0 Å². The van der Waals surface area contributed by atoms with Crippen molar-refractivity contribution >= 4 is 27.3 Å². The molecule has 0 aromatic carbocycles. The molecule has 4 heteroatoms. The van der Waals surface area contributed by atoms with Crippen molar-refractivity contribution in [1.29, 1.82) is 0 Å². The zero-order valence-corrected chi connectivity index (χ0v) is 7.45. The second-order valence-electron chi connectivity index (χ2n) is 1.79. The highest BCUT2D eigenvalue weighted by molar-refractivity contribution is 9.11. The van der Waals surface area contributed by atoms with Crippen LogP contribution in [0.4, 0.5) is 4.39 Å². The van der Waals surface area contributed by atoms with Crippen molar-refractivity contribution in [2.45, 2.75) is 6.17 Å². The van der Waals surface area contributed by atoms with Crippen molar-refractivity contribution in [3.05, 3.63) is 20.8 Å². The Kier molecular flexibility index (Phi) is 2.82. The SMILES string of the molecule is OCC(F)c1ccc(Br)s1. The van der Waals surface area contributed by atoms with Gasteiger partial charge in [0.05, 0.1) is 10.4 Å². The minimum Gasteiger partial charge on any atom is -0.393 e. The topological polar surface area (TPSA) is 20.2 Å². The molecule has 1 N–H and O–H groups in total. The van der Waals surface area contributed by atoms with Gasteiger partial charge in [0.2, 0.25) is 0 Å². The Hall–Kier alpha value is 0.0700. The first kappa shape index (κ1) is 8.17. The number of aliphatic hydroxyl groups excluding tert-OH is 1. The number of halogens is 2. The first-order valence-corrected chi connectivity index (χ1v) is 4.35. The van der Waals surface area contributed by atoms with Crippen molar-refractivity contribution in [3.8, 4) is 0 Å². The van der Waals surface area contributed by atoms with Gasteiger partial charge in [0.15, 0.2) is 6.17 Å². The first-order valence-electron chi connectivity index (χ1n) is 2.74. The summed E-state index contributed by atoms with van der Waals surface area (Å²) < 4.78 is 13.5. The van der Waals surface area contributed by atoms with Crippen LogP contribution in [0.15, 0.2) is 15.9 Å². The molecule has 0 aliphatic rings. The summed E-state index contributed by atoms with van der Waals surface area (Å²) in [5.74, 6) is 0. The maximum atomic E-state index is 12.6. The van der Waals surface area contributed by atoms with Crippen LogP contribution < -0.4 is 0 Å². The summed E-state index contributed by atoms with van der Waals surface area (Å²) in [6, 6.07) is 3.43. The molecule has 1 atom stereocenters. The first-order chi connectivity index (χ1) is 4.74. The Labute approximate surface area is 70.6 Å². The zero-order chi connectivity index (χ0) is 7.56. The van der Waals surface area contributed by atoms with Crippen molar-refractivity contribution in [1.82, 2.24) is 0 Å². The van der Waals surface area contributed by atoms with Crippen LogP contribution in [-0.4, -0.2) is 11.7 Å². The van der Waals surface area contributed by atoms with Crippen molar-refractivity contribution in [3.63, 3.8) is 0 Å². The fourth-order valence-corrected chi connectivity index (χ4v) is 1.98. The number of hydrogen-bond acceptors (Lipinski definition) is 2. The number of hydrogen-bond donors (Lipinski definition) is 1. The third-order valence-electron chi connectivity index (χ3n) is 1.06. The summed E-state index contributed by atoms with van der Waals surface area (Å²) in [5.41, 5.74) is 0. The number of aliphatic hydroxyl groups is 1. The molecule has 0 bridgehead atoms. The molecule has 0 aliphatic carbocycles. The number of thiophene rings is 1. The average Bonchev–Trinajstić information content (AvgIpc) is 2.34. The lowest BCUT2D eigenvalue weighted by Crippen LogP contribution is -1.92. The highest BCUT2D eigenvalue weighted by atomic mass is 79.9. The van der Waals surface area contributed by atoms with E-state index in [1.807, 2.05) is 0 Å². The molecular formula is C6H6BrFOS. The minimum absolute atomic E-state index is 0.438. The van der Waals surface area contributed by atoms with E-state index in [9.17, 15) is 4.39 Å². The maximum absolute atomic E-state index is 12.6. The van der Waals surface area contributed by atoms with Gasteiger partial charge in [0.25, 0.3) is 0 Å². The van der Waals surface area contributed by atoms with Crippen molar-refractivity contribution in [2.24, 2.45) is 0 Å². The summed E-state index contributed by atoms with van der Waals surface area (Å²) in [5, 5.41) is 8.41. The quantitative estimate of drug-likeness (QED) is 0.819. The summed E-state index contributed by atoms with van der Waals surface area (Å²) >= 11 is 4.50. The van der Waals surface area contributed by atoms with Gasteiger partial charge in [-0.15, -0.1) is 11.3 Å². The molecular weight excluding hydrogens is 219 g/mol. The highest BCUT2D eigenvalue weighted by Gasteiger charge is 2.09. The normalized spacial score (nSPS) is 13.5. The molecule has 1 aromatic heterocycles. The van der Waals surface area contributed by atoms with E-state index in [2.05, 4.69) is 15.9 Å². The van der Waals surface area contributed by atoms with Crippen LogP contribution in [0.25, 0.3) is 0 Å². The molecule has 0 spiro atoms. The van der Waals surface area contributed by atoms with E-state index in [4.69, 9.17) is 5.11 Å². The second-order valence-corrected chi connectivity index (χ2v) is 4.29. The van der Waals surface area contributed by atoms with E-state index in [-0.39, 0.29) is 0 Å². The predicted molar refractivity (Wildman–Crippen MR) is 43.0 cm³/mol. The van der Waals surface area contributed by atoms with Gasteiger partial charge in [0, 0.05) is 4.88 Å². The molecule has 1 rings (SSSR count). The van der Waals surface area contributed by atoms with Gasteiger partial charge >= 0.3 is 0 Å². The van der Waals surface area contributed by atoms with E-state index in [1.54, 1.807) is 12.1 Å². The standard InChI is InChI=1S/C6H6BrFOS/c7-6-2-1-5(10-6)4(8)3-9/h1-2,4,9H,3H2. The molecule has 1 aromatic rings. The van der Waals surface area contributed by atoms with Gasteiger partial charge in [-0.05, 0) is 28.1 Å². The van der Waals surface area contributed by atoms with E-state index < -0.39 is 12.8 Å². The number of alkyl halides is 1. The smallest absolute Gasteiger partial charge is 0.157 e. The van der Waals surface area contributed by atoms with E-state index in [1.165, 1.54) is 11.3 Å². The second kappa shape index (κ2) is 3.46. The summed E-state index contributed by atoms with van der Waals surface area (Å²) in [4.78, 5) is 0.564. The molecule has 0 saturated heterocycles. The summed E-state index contributed by atoms with van der Waals surface area (Å²) in [6.07, 6.45) is -1.23. The predicted octanol–water partition coefficient (Wildman–Crippen LogP) is 2.51. The molecule has 0 amide bonds. The third kappa shape index (κ3) is 1.78. The Morgan fingerprint density at radius 2 is 2.40 bits per heavy atom. The third-order valence-corrected chi connectivity index (χ3v) is 2.77. The fourth-order valence-electron chi connectivity index (χ4n) is 0.587. The zero-order valence-electron chi connectivity index (χ0n) is 5.05. The Bertz CT molecular complexity index is 213. The molecule has 1 heterocycles. The highest BCUT2D eigenvalue weighted by Crippen LogP contribution is 2.28. The summed E-state index contributed by atoms with van der Waals surface area (Å²) in [6.45, 7) is -0.438. The van der Waals surface area contributed by atoms with E-state index in [0.717, 1.165) is 3.79 Å². The molecule has 0 radical (unpaired) electrons. The Morgan fingerprint density at radius 1 is 1.70 bits per heavy atom. The Morgan fingerprint density at radius 3 is 2.80 bits per heavy atom. The monoisotopic (exact) mass is 224 g/mol. The summed E-state index contributed by atoms with van der Waals surface area (Å²) in [7, 11) is 0. The fraction of sp³-hybridized carbons (Fsp3) is 0.333. The van der Waals surface area contributed by atoms with E-state index in [0.29, 0.717) is 4.88 Å². The van der Waals surface area contributed by atoms with Gasteiger partial charge in [-0.2, -0.15) is 0 Å². The van der Waals surface area contributed by atoms with Crippen LogP contribution in [0.2, 0.25) is 0 Å².